The van der Waals surface area contributed by atoms with Gasteiger partial charge >= 0.3 is 6.61 Å². The summed E-state index contributed by atoms with van der Waals surface area (Å²) in [6.07, 6.45) is 1.92. The first kappa shape index (κ1) is 18.6. The molecule has 0 aliphatic carbocycles. The summed E-state index contributed by atoms with van der Waals surface area (Å²) < 4.78 is 28.5. The molecule has 0 spiro atoms. The van der Waals surface area contributed by atoms with Crippen LogP contribution < -0.4 is 15.0 Å². The molecule has 0 bridgehead atoms. The number of hydrogen-bond acceptors (Lipinski definition) is 2. The average Bonchev–Trinajstić information content (AvgIpc) is 2.47. The number of benzene rings is 1. The minimum atomic E-state index is -2.81. The van der Waals surface area contributed by atoms with Crippen LogP contribution in [0.4, 0.5) is 8.78 Å². The summed E-state index contributed by atoms with van der Waals surface area (Å²) in [4.78, 5) is 13.4. The van der Waals surface area contributed by atoms with Crippen molar-refractivity contribution in [2.75, 3.05) is 26.2 Å². The van der Waals surface area contributed by atoms with Gasteiger partial charge in [-0.2, -0.15) is 8.78 Å². The second kappa shape index (κ2) is 8.97. The van der Waals surface area contributed by atoms with E-state index >= 15 is 0 Å². The Morgan fingerprint density at radius 1 is 1.25 bits per heavy atom. The fourth-order valence-corrected chi connectivity index (χ4v) is 3.54. The number of nitrogens with one attached hydrogen (secondary N) is 2. The van der Waals surface area contributed by atoms with Crippen LogP contribution in [-0.4, -0.2) is 38.7 Å². The molecule has 1 fully saturated rings. The van der Waals surface area contributed by atoms with Gasteiger partial charge in [-0.25, -0.2) is 0 Å². The minimum absolute atomic E-state index is 0.0731. The number of carbonyl (C=O) groups excluding carboxylic acids is 1. The highest BCUT2D eigenvalue weighted by Gasteiger charge is 2.26. The molecule has 1 aromatic rings. The molecule has 0 saturated carbocycles. The third-order valence-electron chi connectivity index (χ3n) is 4.37. The van der Waals surface area contributed by atoms with Crippen molar-refractivity contribution in [1.29, 1.82) is 0 Å². The van der Waals surface area contributed by atoms with Crippen LogP contribution in [0.5, 0.6) is 5.75 Å². The Kier molecular flexibility index (Phi) is 6.97. The molecule has 0 unspecified atom stereocenters. The number of halogens is 2. The molecule has 2 rings (SSSR count). The van der Waals surface area contributed by atoms with Crippen LogP contribution in [0.25, 0.3) is 0 Å². The smallest absolute Gasteiger partial charge is 0.387 e. The summed E-state index contributed by atoms with van der Waals surface area (Å²) in [7, 11) is 0. The first-order valence-corrected chi connectivity index (χ1v) is 8.56. The Morgan fingerprint density at radius 2 is 1.88 bits per heavy atom. The van der Waals surface area contributed by atoms with Crippen molar-refractivity contribution >= 4 is 5.91 Å². The van der Waals surface area contributed by atoms with Gasteiger partial charge in [-0.15, -0.1) is 0 Å². The van der Waals surface area contributed by atoms with Crippen molar-refractivity contribution in [2.45, 2.75) is 33.3 Å². The second-order valence-corrected chi connectivity index (χ2v) is 6.90. The molecule has 6 heteroatoms. The summed E-state index contributed by atoms with van der Waals surface area (Å²) >= 11 is 0. The van der Waals surface area contributed by atoms with Crippen LogP contribution in [0.15, 0.2) is 24.3 Å². The lowest BCUT2D eigenvalue weighted by Gasteiger charge is -2.31. The standard InChI is InChI=1S/C18H26F2N2O2/c1-13-9-14(2)11-22(10-13)12-17(23)21-8-7-15-3-5-16(6-4-15)24-18(19)20/h3-6,13-14,18H,7-12H2,1-2H3,(H,21,23)/p+1/t13-,14-/m0/s1. The van der Waals surface area contributed by atoms with E-state index in [0.29, 0.717) is 31.3 Å². The van der Waals surface area contributed by atoms with Gasteiger partial charge in [0.15, 0.2) is 6.54 Å². The number of piperidine rings is 1. The van der Waals surface area contributed by atoms with Gasteiger partial charge in [0, 0.05) is 18.4 Å². The molecule has 4 nitrogen and oxygen atoms in total. The quantitative estimate of drug-likeness (QED) is 0.789. The lowest BCUT2D eigenvalue weighted by Crippen LogP contribution is -3.15. The van der Waals surface area contributed by atoms with Gasteiger partial charge < -0.3 is 15.0 Å². The molecule has 0 radical (unpaired) electrons. The number of amides is 1. The van der Waals surface area contributed by atoms with Crippen LogP contribution in [0.1, 0.15) is 25.8 Å². The van der Waals surface area contributed by atoms with Crippen LogP contribution in [0.3, 0.4) is 0 Å². The molecule has 2 atom stereocenters. The van der Waals surface area contributed by atoms with E-state index in [1.165, 1.54) is 23.5 Å². The third-order valence-corrected chi connectivity index (χ3v) is 4.37. The maximum Gasteiger partial charge on any atom is 0.387 e. The third kappa shape index (κ3) is 6.43. The minimum Gasteiger partial charge on any atom is -0.435 e. The summed E-state index contributed by atoms with van der Waals surface area (Å²) in [5, 5.41) is 2.94. The fourth-order valence-electron chi connectivity index (χ4n) is 3.54. The number of rotatable bonds is 7. The normalized spacial score (nSPS) is 24.0. The molecule has 1 heterocycles. The predicted octanol–water partition coefficient (Wildman–Crippen LogP) is 1.51. The Morgan fingerprint density at radius 3 is 2.46 bits per heavy atom. The number of alkyl halides is 2. The van der Waals surface area contributed by atoms with Crippen molar-refractivity contribution in [3.05, 3.63) is 29.8 Å². The van der Waals surface area contributed by atoms with Crippen LogP contribution in [-0.2, 0) is 11.2 Å². The van der Waals surface area contributed by atoms with E-state index in [9.17, 15) is 13.6 Å². The first-order chi connectivity index (χ1) is 11.4. The summed E-state index contributed by atoms with van der Waals surface area (Å²) in [6.45, 7) is 4.87. The maximum absolute atomic E-state index is 12.1. The second-order valence-electron chi connectivity index (χ2n) is 6.90. The Bertz CT molecular complexity index is 512. The monoisotopic (exact) mass is 341 g/mol. The van der Waals surface area contributed by atoms with E-state index in [1.807, 2.05) is 0 Å². The highest BCUT2D eigenvalue weighted by atomic mass is 19.3. The van der Waals surface area contributed by atoms with E-state index in [1.54, 1.807) is 12.1 Å². The van der Waals surface area contributed by atoms with E-state index < -0.39 is 6.61 Å². The molecule has 134 valence electrons. The highest BCUT2D eigenvalue weighted by Crippen LogP contribution is 2.15. The van der Waals surface area contributed by atoms with E-state index in [-0.39, 0.29) is 11.7 Å². The highest BCUT2D eigenvalue weighted by molar-refractivity contribution is 5.76. The van der Waals surface area contributed by atoms with Crippen LogP contribution >= 0.6 is 0 Å². The van der Waals surface area contributed by atoms with Gasteiger partial charge in [-0.3, -0.25) is 4.79 Å². The SMILES string of the molecule is C[C@H]1C[C@H](C)C[NH+](CC(=O)NCCc2ccc(OC(F)F)cc2)C1. The van der Waals surface area contributed by atoms with Gasteiger partial charge in [0.05, 0.1) is 13.1 Å². The van der Waals surface area contributed by atoms with Gasteiger partial charge in [0.25, 0.3) is 5.91 Å². The van der Waals surface area contributed by atoms with Crippen molar-refractivity contribution < 1.29 is 23.2 Å². The zero-order valence-electron chi connectivity index (χ0n) is 14.4. The Hall–Kier alpha value is -1.69. The van der Waals surface area contributed by atoms with Crippen LogP contribution in [0, 0.1) is 11.8 Å². The van der Waals surface area contributed by atoms with E-state index in [2.05, 4.69) is 23.9 Å². The molecule has 2 N–H and O–H groups in total. The van der Waals surface area contributed by atoms with Crippen molar-refractivity contribution in [3.63, 3.8) is 0 Å². The van der Waals surface area contributed by atoms with E-state index in [4.69, 9.17) is 0 Å². The average molecular weight is 341 g/mol. The molecular weight excluding hydrogens is 314 g/mol. The molecule has 1 amide bonds. The van der Waals surface area contributed by atoms with Crippen LogP contribution in [0.2, 0.25) is 0 Å². The topological polar surface area (TPSA) is 42.8 Å². The molecule has 1 saturated heterocycles. The molecule has 1 aliphatic heterocycles. The lowest BCUT2D eigenvalue weighted by molar-refractivity contribution is -0.904. The molecular formula is C18H27F2N2O2+. The molecule has 0 aromatic heterocycles. The van der Waals surface area contributed by atoms with Crippen molar-refractivity contribution in [1.82, 2.24) is 5.32 Å². The number of hydrogen-bond donors (Lipinski definition) is 2. The zero-order chi connectivity index (χ0) is 17.5. The van der Waals surface area contributed by atoms with Gasteiger partial charge in [-0.05, 0) is 30.5 Å². The summed E-state index contributed by atoms with van der Waals surface area (Å²) in [5.41, 5.74) is 0.976. The largest absolute Gasteiger partial charge is 0.435 e. The van der Waals surface area contributed by atoms with E-state index in [0.717, 1.165) is 18.7 Å². The van der Waals surface area contributed by atoms with Crippen molar-refractivity contribution in [2.24, 2.45) is 11.8 Å². The predicted molar refractivity (Wildman–Crippen MR) is 88.3 cm³/mol. The first-order valence-electron chi connectivity index (χ1n) is 8.56. The Balaban J connectivity index is 1.68. The maximum atomic E-state index is 12.1. The van der Waals surface area contributed by atoms with Gasteiger partial charge in [0.1, 0.15) is 5.75 Å². The lowest BCUT2D eigenvalue weighted by atomic mass is 9.92. The number of likely N-dealkylation sites (tertiary alicyclic amines) is 1. The molecule has 1 aliphatic rings. The zero-order valence-corrected chi connectivity index (χ0v) is 14.4. The Labute approximate surface area is 142 Å². The number of carbonyl (C=O) groups is 1. The van der Waals surface area contributed by atoms with Crippen molar-refractivity contribution in [3.8, 4) is 5.75 Å². The summed E-state index contributed by atoms with van der Waals surface area (Å²) in [5.74, 6) is 1.56. The molecule has 1 aromatic carbocycles. The number of quaternary nitrogens is 1. The van der Waals surface area contributed by atoms with Gasteiger partial charge in [0.2, 0.25) is 0 Å². The molecule has 24 heavy (non-hydrogen) atoms. The fraction of sp³-hybridized carbons (Fsp3) is 0.611. The number of ether oxygens (including phenoxy) is 1. The summed E-state index contributed by atoms with van der Waals surface area (Å²) in [6, 6.07) is 6.51. The van der Waals surface area contributed by atoms with Gasteiger partial charge in [-0.1, -0.05) is 26.0 Å².